The van der Waals surface area contributed by atoms with Gasteiger partial charge in [-0.2, -0.15) is 0 Å². The molecule has 1 unspecified atom stereocenters. The van der Waals surface area contributed by atoms with Gasteiger partial charge in [-0.1, -0.05) is 6.42 Å². The quantitative estimate of drug-likeness (QED) is 0.418. The van der Waals surface area contributed by atoms with Gasteiger partial charge in [0.25, 0.3) is 0 Å². The summed E-state index contributed by atoms with van der Waals surface area (Å²) in [5.41, 5.74) is 2.54. The summed E-state index contributed by atoms with van der Waals surface area (Å²) in [6, 6.07) is 0.725. The Morgan fingerprint density at radius 3 is 2.95 bits per heavy atom. The minimum atomic E-state index is 0.590. The molecular weight excluding hydrogens is 320 g/mol. The highest BCUT2D eigenvalue weighted by molar-refractivity contribution is 9.10. The van der Waals surface area contributed by atoms with Crippen molar-refractivity contribution in [2.75, 3.05) is 30.4 Å². The van der Waals surface area contributed by atoms with E-state index >= 15 is 0 Å². The van der Waals surface area contributed by atoms with Crippen LogP contribution in [0.15, 0.2) is 10.8 Å². The Morgan fingerprint density at radius 2 is 2.20 bits per heavy atom. The summed E-state index contributed by atoms with van der Waals surface area (Å²) in [4.78, 5) is 10.8. The smallest absolute Gasteiger partial charge is 0.159 e. The van der Waals surface area contributed by atoms with Gasteiger partial charge in [-0.3, -0.25) is 0 Å². The number of nitrogens with zero attached hydrogens (tertiary/aromatic N) is 3. The van der Waals surface area contributed by atoms with Crippen LogP contribution in [-0.4, -0.2) is 40.5 Å². The number of rotatable bonds is 6. The fourth-order valence-electron chi connectivity index (χ4n) is 2.57. The summed E-state index contributed by atoms with van der Waals surface area (Å²) in [7, 11) is 0. The zero-order valence-electron chi connectivity index (χ0n) is 11.9. The van der Waals surface area contributed by atoms with Crippen molar-refractivity contribution in [3.63, 3.8) is 0 Å². The highest BCUT2D eigenvalue weighted by Gasteiger charge is 2.17. The number of hydrogen-bond donors (Lipinski definition) is 3. The first-order chi connectivity index (χ1) is 9.72. The average Bonchev–Trinajstić information content (AvgIpc) is 2.47. The van der Waals surface area contributed by atoms with Crippen LogP contribution in [0.2, 0.25) is 0 Å². The molecule has 4 N–H and O–H groups in total. The zero-order chi connectivity index (χ0) is 14.4. The molecule has 0 aliphatic carbocycles. The van der Waals surface area contributed by atoms with E-state index < -0.39 is 0 Å². The van der Waals surface area contributed by atoms with Crippen LogP contribution in [0.1, 0.15) is 32.6 Å². The van der Waals surface area contributed by atoms with E-state index in [1.165, 1.54) is 32.1 Å². The van der Waals surface area contributed by atoms with Gasteiger partial charge in [-0.05, 0) is 48.7 Å². The summed E-state index contributed by atoms with van der Waals surface area (Å²) in [6.45, 7) is 5.59. The molecule has 0 aromatic carbocycles. The highest BCUT2D eigenvalue weighted by Crippen LogP contribution is 2.25. The van der Waals surface area contributed by atoms with Crippen LogP contribution in [0.25, 0.3) is 0 Å². The number of hydrogen-bond acceptors (Lipinski definition) is 6. The number of hydrazine groups is 1. The molecule has 0 bridgehead atoms. The lowest BCUT2D eigenvalue weighted by Crippen LogP contribution is -2.38. The van der Waals surface area contributed by atoms with Gasteiger partial charge in [0, 0.05) is 19.1 Å². The maximum absolute atomic E-state index is 5.38. The number of nitrogens with one attached hydrogen (secondary N) is 2. The van der Waals surface area contributed by atoms with E-state index in [4.69, 9.17) is 5.84 Å². The number of aromatic nitrogens is 2. The summed E-state index contributed by atoms with van der Waals surface area (Å²) in [6.07, 6.45) is 6.64. The van der Waals surface area contributed by atoms with E-state index in [0.29, 0.717) is 5.82 Å². The van der Waals surface area contributed by atoms with Gasteiger partial charge in [-0.25, -0.2) is 15.8 Å². The van der Waals surface area contributed by atoms with Crippen molar-refractivity contribution in [1.29, 1.82) is 0 Å². The van der Waals surface area contributed by atoms with E-state index in [0.717, 1.165) is 35.8 Å². The van der Waals surface area contributed by atoms with Crippen LogP contribution < -0.4 is 16.6 Å². The number of likely N-dealkylation sites (tertiary alicyclic amines) is 1. The van der Waals surface area contributed by atoms with E-state index in [1.807, 2.05) is 0 Å². The molecule has 0 spiro atoms. The minimum Gasteiger partial charge on any atom is -0.369 e. The van der Waals surface area contributed by atoms with Crippen molar-refractivity contribution in [3.8, 4) is 0 Å². The maximum Gasteiger partial charge on any atom is 0.159 e. The lowest BCUT2D eigenvalue weighted by molar-refractivity contribution is 0.160. The fourth-order valence-corrected chi connectivity index (χ4v) is 3.03. The molecule has 0 saturated carbocycles. The Balaban J connectivity index is 1.76. The molecule has 112 valence electrons. The van der Waals surface area contributed by atoms with Crippen molar-refractivity contribution in [2.24, 2.45) is 5.84 Å². The molecule has 1 aromatic heterocycles. The molecule has 20 heavy (non-hydrogen) atoms. The predicted molar refractivity (Wildman–Crippen MR) is 85.5 cm³/mol. The largest absolute Gasteiger partial charge is 0.369 e. The molecule has 1 saturated heterocycles. The molecule has 2 heterocycles. The zero-order valence-corrected chi connectivity index (χ0v) is 13.5. The monoisotopic (exact) mass is 342 g/mol. The molecule has 0 amide bonds. The molecule has 7 heteroatoms. The Kier molecular flexibility index (Phi) is 6.00. The van der Waals surface area contributed by atoms with Crippen LogP contribution >= 0.6 is 15.9 Å². The Morgan fingerprint density at radius 1 is 1.40 bits per heavy atom. The van der Waals surface area contributed by atoms with E-state index in [2.05, 4.69) is 48.5 Å². The van der Waals surface area contributed by atoms with Gasteiger partial charge < -0.3 is 15.6 Å². The molecule has 2 rings (SSSR count). The molecule has 0 radical (unpaired) electrons. The third kappa shape index (κ3) is 4.04. The average molecular weight is 343 g/mol. The van der Waals surface area contributed by atoms with Gasteiger partial charge >= 0.3 is 0 Å². The van der Waals surface area contributed by atoms with Gasteiger partial charge in [0.2, 0.25) is 0 Å². The first-order valence-electron chi connectivity index (χ1n) is 7.17. The second-order valence-electron chi connectivity index (χ2n) is 5.19. The van der Waals surface area contributed by atoms with E-state index in [1.54, 1.807) is 0 Å². The second kappa shape index (κ2) is 7.75. The standard InChI is InChI=1S/C13H23BrN6/c1-10-5-2-3-7-20(10)8-4-6-16-12-11(14)13(19-15)18-9-17-12/h9-10H,2-8,15H2,1H3,(H2,16,17,18,19). The normalized spacial score (nSPS) is 19.9. The van der Waals surface area contributed by atoms with Crippen LogP contribution in [0.4, 0.5) is 11.6 Å². The Labute approximate surface area is 128 Å². The lowest BCUT2D eigenvalue weighted by atomic mass is 10.0. The van der Waals surface area contributed by atoms with Gasteiger partial charge in [0.1, 0.15) is 16.6 Å². The van der Waals surface area contributed by atoms with Crippen LogP contribution in [0.5, 0.6) is 0 Å². The number of halogens is 1. The SMILES string of the molecule is CC1CCCCN1CCCNc1ncnc(NN)c1Br. The molecule has 1 fully saturated rings. The Bertz CT molecular complexity index is 427. The number of anilines is 2. The van der Waals surface area contributed by atoms with Gasteiger partial charge in [-0.15, -0.1) is 0 Å². The third-order valence-corrected chi connectivity index (χ3v) is 4.53. The highest BCUT2D eigenvalue weighted by atomic mass is 79.9. The van der Waals surface area contributed by atoms with Gasteiger partial charge in [0.15, 0.2) is 5.82 Å². The van der Waals surface area contributed by atoms with Crippen molar-refractivity contribution in [3.05, 3.63) is 10.8 Å². The van der Waals surface area contributed by atoms with Gasteiger partial charge in [0.05, 0.1) is 0 Å². The lowest BCUT2D eigenvalue weighted by Gasteiger charge is -2.33. The molecule has 1 aromatic rings. The summed E-state index contributed by atoms with van der Waals surface area (Å²) >= 11 is 3.44. The van der Waals surface area contributed by atoms with Crippen molar-refractivity contribution < 1.29 is 0 Å². The van der Waals surface area contributed by atoms with Crippen molar-refractivity contribution in [1.82, 2.24) is 14.9 Å². The summed E-state index contributed by atoms with van der Waals surface area (Å²) < 4.78 is 0.772. The third-order valence-electron chi connectivity index (χ3n) is 3.78. The minimum absolute atomic E-state index is 0.590. The Hall–Kier alpha value is -0.920. The first kappa shape index (κ1) is 15.5. The molecule has 1 atom stereocenters. The molecule has 1 aliphatic heterocycles. The number of nitrogen functional groups attached to an aromatic ring is 1. The molecular formula is C13H23BrN6. The van der Waals surface area contributed by atoms with Crippen molar-refractivity contribution in [2.45, 2.75) is 38.6 Å². The summed E-state index contributed by atoms with van der Waals surface area (Å²) in [5, 5.41) is 3.32. The maximum atomic E-state index is 5.38. The fraction of sp³-hybridized carbons (Fsp3) is 0.692. The number of piperidine rings is 1. The van der Waals surface area contributed by atoms with Crippen molar-refractivity contribution >= 4 is 27.6 Å². The van der Waals surface area contributed by atoms with Crippen LogP contribution in [-0.2, 0) is 0 Å². The topological polar surface area (TPSA) is 79.1 Å². The van der Waals surface area contributed by atoms with E-state index in [9.17, 15) is 0 Å². The number of nitrogens with two attached hydrogens (primary N) is 1. The second-order valence-corrected chi connectivity index (χ2v) is 5.98. The van der Waals surface area contributed by atoms with E-state index in [-0.39, 0.29) is 0 Å². The van der Waals surface area contributed by atoms with Crippen LogP contribution in [0.3, 0.4) is 0 Å². The predicted octanol–water partition coefficient (Wildman–Crippen LogP) is 2.20. The van der Waals surface area contributed by atoms with Crippen LogP contribution in [0, 0.1) is 0 Å². The summed E-state index contributed by atoms with van der Waals surface area (Å²) in [5.74, 6) is 6.75. The molecule has 1 aliphatic rings. The first-order valence-corrected chi connectivity index (χ1v) is 7.96. The molecule has 6 nitrogen and oxygen atoms in total.